The molecule has 2 aromatic heterocycles. The van der Waals surface area contributed by atoms with Crippen LogP contribution in [0.3, 0.4) is 0 Å². The van der Waals surface area contributed by atoms with E-state index in [4.69, 9.17) is 0 Å². The first-order valence-electron chi connectivity index (χ1n) is 8.48. The van der Waals surface area contributed by atoms with Crippen molar-refractivity contribution in [3.8, 4) is 0 Å². The minimum atomic E-state index is 0.0424. The van der Waals surface area contributed by atoms with E-state index >= 15 is 0 Å². The zero-order chi connectivity index (χ0) is 16.9. The van der Waals surface area contributed by atoms with Gasteiger partial charge in [-0.1, -0.05) is 19.9 Å². The van der Waals surface area contributed by atoms with Crippen molar-refractivity contribution in [2.24, 2.45) is 0 Å². The maximum Gasteiger partial charge on any atom is 0.272 e. The van der Waals surface area contributed by atoms with Gasteiger partial charge >= 0.3 is 0 Å². The fraction of sp³-hybridized carbons (Fsp3) is 0.500. The first-order valence-corrected chi connectivity index (χ1v) is 9.42. The van der Waals surface area contributed by atoms with Crippen LogP contribution in [0.25, 0.3) is 0 Å². The molecule has 0 unspecified atom stereocenters. The van der Waals surface area contributed by atoms with Crippen LogP contribution in [-0.2, 0) is 6.54 Å². The van der Waals surface area contributed by atoms with Gasteiger partial charge in [-0.05, 0) is 24.0 Å². The number of aromatic nitrogens is 2. The number of hydrogen-bond donors (Lipinski definition) is 0. The van der Waals surface area contributed by atoms with Crippen LogP contribution >= 0.6 is 11.3 Å². The van der Waals surface area contributed by atoms with Gasteiger partial charge in [-0.25, -0.2) is 4.98 Å². The highest BCUT2D eigenvalue weighted by atomic mass is 32.1. The lowest BCUT2D eigenvalue weighted by Gasteiger charge is -2.21. The van der Waals surface area contributed by atoms with Gasteiger partial charge in [0.1, 0.15) is 5.69 Å². The summed E-state index contributed by atoms with van der Waals surface area (Å²) in [6.45, 7) is 8.55. The molecule has 0 atom stereocenters. The summed E-state index contributed by atoms with van der Waals surface area (Å²) in [6.07, 6.45) is 2.81. The molecule has 0 aliphatic carbocycles. The Morgan fingerprint density at radius 1 is 1.21 bits per heavy atom. The molecule has 24 heavy (non-hydrogen) atoms. The Balaban J connectivity index is 1.59. The first kappa shape index (κ1) is 17.0. The van der Waals surface area contributed by atoms with Gasteiger partial charge < -0.3 is 4.90 Å². The third-order valence-corrected chi connectivity index (χ3v) is 5.05. The van der Waals surface area contributed by atoms with Crippen LogP contribution in [-0.4, -0.2) is 51.9 Å². The number of amides is 1. The van der Waals surface area contributed by atoms with E-state index in [-0.39, 0.29) is 5.91 Å². The second-order valence-electron chi connectivity index (χ2n) is 6.53. The molecule has 0 saturated carbocycles. The van der Waals surface area contributed by atoms with Crippen LogP contribution in [0.2, 0.25) is 0 Å². The highest BCUT2D eigenvalue weighted by Gasteiger charge is 2.21. The molecule has 5 nitrogen and oxygen atoms in total. The maximum atomic E-state index is 12.7. The Morgan fingerprint density at radius 2 is 2.08 bits per heavy atom. The zero-order valence-corrected chi connectivity index (χ0v) is 15.1. The summed E-state index contributed by atoms with van der Waals surface area (Å²) < 4.78 is 0. The van der Waals surface area contributed by atoms with Crippen LogP contribution in [0.4, 0.5) is 0 Å². The van der Waals surface area contributed by atoms with E-state index in [1.807, 2.05) is 28.7 Å². The second kappa shape index (κ2) is 7.85. The summed E-state index contributed by atoms with van der Waals surface area (Å²) in [5, 5.41) is 2.09. The van der Waals surface area contributed by atoms with Crippen molar-refractivity contribution >= 4 is 17.2 Å². The Kier molecular flexibility index (Phi) is 5.58. The molecular weight excluding hydrogens is 320 g/mol. The largest absolute Gasteiger partial charge is 0.336 e. The predicted octanol–water partition coefficient (Wildman–Crippen LogP) is 3.01. The topological polar surface area (TPSA) is 49.3 Å². The normalized spacial score (nSPS) is 16.4. The molecule has 2 aromatic rings. The monoisotopic (exact) mass is 344 g/mol. The minimum Gasteiger partial charge on any atom is -0.336 e. The molecule has 0 aromatic carbocycles. The molecule has 0 bridgehead atoms. The predicted molar refractivity (Wildman–Crippen MR) is 96.2 cm³/mol. The smallest absolute Gasteiger partial charge is 0.272 e. The fourth-order valence-electron chi connectivity index (χ4n) is 2.91. The SMILES string of the molecule is CC(C)c1ccc(C(=O)N2CCCN(Cc3cscn3)CC2)nc1. The van der Waals surface area contributed by atoms with Crippen molar-refractivity contribution in [2.75, 3.05) is 26.2 Å². The highest BCUT2D eigenvalue weighted by Crippen LogP contribution is 2.15. The Bertz CT molecular complexity index is 654. The van der Waals surface area contributed by atoms with Crippen molar-refractivity contribution in [3.05, 3.63) is 46.2 Å². The summed E-state index contributed by atoms with van der Waals surface area (Å²) in [5.41, 5.74) is 4.70. The molecular formula is C18H24N4OS. The lowest BCUT2D eigenvalue weighted by atomic mass is 10.1. The molecule has 0 spiro atoms. The molecule has 1 aliphatic heterocycles. The molecule has 3 rings (SSSR count). The van der Waals surface area contributed by atoms with E-state index in [1.165, 1.54) is 0 Å². The number of carbonyl (C=O) groups excluding carboxylic acids is 1. The highest BCUT2D eigenvalue weighted by molar-refractivity contribution is 7.07. The summed E-state index contributed by atoms with van der Waals surface area (Å²) in [7, 11) is 0. The number of nitrogens with zero attached hydrogens (tertiary/aromatic N) is 4. The van der Waals surface area contributed by atoms with Crippen LogP contribution in [0.5, 0.6) is 0 Å². The van der Waals surface area contributed by atoms with Crippen molar-refractivity contribution in [3.63, 3.8) is 0 Å². The Morgan fingerprint density at radius 3 is 2.75 bits per heavy atom. The fourth-order valence-corrected chi connectivity index (χ4v) is 3.46. The van der Waals surface area contributed by atoms with Crippen molar-refractivity contribution in [2.45, 2.75) is 32.7 Å². The summed E-state index contributed by atoms with van der Waals surface area (Å²) in [5.74, 6) is 0.472. The van der Waals surface area contributed by atoms with Crippen LogP contribution in [0, 0.1) is 0 Å². The Hall–Kier alpha value is -1.79. The molecule has 1 amide bonds. The number of thiazole rings is 1. The molecule has 0 radical (unpaired) electrons. The second-order valence-corrected chi connectivity index (χ2v) is 7.25. The number of hydrogen-bond acceptors (Lipinski definition) is 5. The quantitative estimate of drug-likeness (QED) is 0.855. The molecule has 1 fully saturated rings. The third kappa shape index (κ3) is 4.19. The molecule has 128 valence electrons. The lowest BCUT2D eigenvalue weighted by molar-refractivity contribution is 0.0755. The van der Waals surface area contributed by atoms with Gasteiger partial charge in [0.15, 0.2) is 0 Å². The first-order chi connectivity index (χ1) is 11.6. The van der Waals surface area contributed by atoms with E-state index in [0.29, 0.717) is 11.6 Å². The van der Waals surface area contributed by atoms with Gasteiger partial charge in [0, 0.05) is 44.3 Å². The molecule has 6 heteroatoms. The van der Waals surface area contributed by atoms with E-state index in [2.05, 4.69) is 34.1 Å². The van der Waals surface area contributed by atoms with E-state index < -0.39 is 0 Å². The van der Waals surface area contributed by atoms with Crippen LogP contribution < -0.4 is 0 Å². The van der Waals surface area contributed by atoms with Crippen molar-refractivity contribution < 1.29 is 4.79 Å². The minimum absolute atomic E-state index is 0.0424. The van der Waals surface area contributed by atoms with Crippen LogP contribution in [0.15, 0.2) is 29.2 Å². The summed E-state index contributed by atoms with van der Waals surface area (Å²) in [6, 6.07) is 3.87. The van der Waals surface area contributed by atoms with Crippen LogP contribution in [0.1, 0.15) is 47.9 Å². The maximum absolute atomic E-state index is 12.7. The van der Waals surface area contributed by atoms with Crippen molar-refractivity contribution in [1.29, 1.82) is 0 Å². The van der Waals surface area contributed by atoms with E-state index in [9.17, 15) is 4.79 Å². The van der Waals surface area contributed by atoms with Gasteiger partial charge in [-0.15, -0.1) is 11.3 Å². The molecule has 3 heterocycles. The van der Waals surface area contributed by atoms with Crippen molar-refractivity contribution in [1.82, 2.24) is 19.8 Å². The van der Waals surface area contributed by atoms with Gasteiger partial charge in [0.2, 0.25) is 0 Å². The number of rotatable bonds is 4. The molecule has 1 saturated heterocycles. The van der Waals surface area contributed by atoms with Gasteiger partial charge in [-0.2, -0.15) is 0 Å². The van der Waals surface area contributed by atoms with Gasteiger partial charge in [0.25, 0.3) is 5.91 Å². The van der Waals surface area contributed by atoms with Gasteiger partial charge in [-0.3, -0.25) is 14.7 Å². The average molecular weight is 344 g/mol. The number of carbonyl (C=O) groups is 1. The third-order valence-electron chi connectivity index (χ3n) is 4.42. The Labute approximate surface area is 147 Å². The standard InChI is InChI=1S/C18H24N4OS/c1-14(2)15-4-5-17(19-10-15)18(23)22-7-3-6-21(8-9-22)11-16-12-24-13-20-16/h4-5,10,12-14H,3,6-9,11H2,1-2H3. The molecule has 1 aliphatic rings. The molecule has 0 N–H and O–H groups in total. The number of pyridine rings is 1. The van der Waals surface area contributed by atoms with Gasteiger partial charge in [0.05, 0.1) is 11.2 Å². The van der Waals surface area contributed by atoms with E-state index in [0.717, 1.165) is 50.4 Å². The average Bonchev–Trinajstić information content (AvgIpc) is 2.99. The zero-order valence-electron chi connectivity index (χ0n) is 14.3. The lowest BCUT2D eigenvalue weighted by Crippen LogP contribution is -2.35. The van der Waals surface area contributed by atoms with E-state index in [1.54, 1.807) is 11.3 Å². The summed E-state index contributed by atoms with van der Waals surface area (Å²) in [4.78, 5) is 25.7. The summed E-state index contributed by atoms with van der Waals surface area (Å²) >= 11 is 1.63.